The molecule has 5 saturated carbocycles. The number of benzene rings is 1. The number of carbonyl (C=O) groups excluding carboxylic acids is 5. The second-order valence-corrected chi connectivity index (χ2v) is 26.7. The third-order valence-electron chi connectivity index (χ3n) is 19.4. The van der Waals surface area contributed by atoms with Crippen LogP contribution < -0.4 is 31.8 Å². The summed E-state index contributed by atoms with van der Waals surface area (Å²) in [5.41, 5.74) is 10.1. The summed E-state index contributed by atoms with van der Waals surface area (Å²) in [5.74, 6) is 0.0179. The Bertz CT molecular complexity index is 3440. The molecule has 2 aliphatic heterocycles. The Hall–Kier alpha value is -7.46. The summed E-state index contributed by atoms with van der Waals surface area (Å²) in [4.78, 5) is 109. The molecule has 4 aromatic heterocycles. The molecule has 7 aliphatic rings. The molecular formula is C64H82N14O7S. The van der Waals surface area contributed by atoms with E-state index in [-0.39, 0.29) is 88.9 Å². The van der Waals surface area contributed by atoms with E-state index in [0.717, 1.165) is 91.6 Å². The lowest BCUT2D eigenvalue weighted by atomic mass is 9.54. The number of aryl methyl sites for hydroxylation is 2. The zero-order valence-corrected chi connectivity index (χ0v) is 51.4. The van der Waals surface area contributed by atoms with Crippen LogP contribution in [0.25, 0.3) is 21.5 Å². The van der Waals surface area contributed by atoms with Crippen LogP contribution in [0.1, 0.15) is 138 Å². The summed E-state index contributed by atoms with van der Waals surface area (Å²) in [7, 11) is 1.59. The van der Waals surface area contributed by atoms with E-state index < -0.39 is 17.5 Å². The third-order valence-corrected chi connectivity index (χ3v) is 20.4. The monoisotopic (exact) mass is 1190 g/mol. The lowest BCUT2D eigenvalue weighted by molar-refractivity contribution is -0.146. The molecule has 0 radical (unpaired) electrons. The SMILES string of the molecule is CO[C@@H]1C[C@@H](C(=O)NCc2ccc(-c3scnc3C)cc2)N(C(=O)[C@@H](NC(=O)[C@@H]2C[C@H](/C(C=N)=N/NC3CCC(C(=O)N4CCN(c5ccc(Nc6ncc7c(C)c(C(C)=O)c(=O)n(C8CCCC8)c7n6)nc5)CC4)CC3)C3CC2C3)C(C)(C)C)C1. The number of hydrogen-bond acceptors (Lipinski definition) is 17. The fraction of sp³-hybridized carbons (Fsp3) is 0.562. The van der Waals surface area contributed by atoms with Gasteiger partial charge in [-0.15, -0.1) is 11.3 Å². The predicted molar refractivity (Wildman–Crippen MR) is 332 cm³/mol. The van der Waals surface area contributed by atoms with Crippen LogP contribution in [-0.2, 0) is 30.5 Å². The summed E-state index contributed by atoms with van der Waals surface area (Å²) < 4.78 is 7.42. The van der Waals surface area contributed by atoms with Crippen molar-refractivity contribution in [3.8, 4) is 10.4 Å². The number of aromatic nitrogens is 5. The van der Waals surface area contributed by atoms with Gasteiger partial charge >= 0.3 is 0 Å². The molecule has 7 fully saturated rings. The van der Waals surface area contributed by atoms with Crippen LogP contribution in [0.5, 0.6) is 0 Å². The smallest absolute Gasteiger partial charge is 0.263 e. The first-order chi connectivity index (χ1) is 41.4. The van der Waals surface area contributed by atoms with E-state index in [2.05, 4.69) is 41.2 Å². The van der Waals surface area contributed by atoms with Crippen molar-refractivity contribution in [2.24, 2.45) is 40.1 Å². The van der Waals surface area contributed by atoms with Gasteiger partial charge in [-0.1, -0.05) is 57.9 Å². The maximum Gasteiger partial charge on any atom is 0.263 e. The van der Waals surface area contributed by atoms with Crippen LogP contribution in [0, 0.1) is 54.3 Å². The van der Waals surface area contributed by atoms with Gasteiger partial charge < -0.3 is 46.2 Å². The number of anilines is 3. The minimum absolute atomic E-state index is 0.0196. The number of hydrogen-bond donors (Lipinski definition) is 5. The number of rotatable bonds is 18. The van der Waals surface area contributed by atoms with Gasteiger partial charge in [-0.05, 0) is 125 Å². The molecule has 2 saturated heterocycles. The minimum Gasteiger partial charge on any atom is -0.380 e. The number of nitrogens with one attached hydrogen (secondary N) is 5. The molecule has 456 valence electrons. The summed E-state index contributed by atoms with van der Waals surface area (Å²) in [5, 5.41) is 23.5. The number of carbonyl (C=O) groups is 5. The Morgan fingerprint density at radius 2 is 1.58 bits per heavy atom. The Morgan fingerprint density at radius 3 is 2.22 bits per heavy atom. The van der Waals surface area contributed by atoms with Crippen LogP contribution in [0.4, 0.5) is 17.5 Å². The third kappa shape index (κ3) is 12.6. The summed E-state index contributed by atoms with van der Waals surface area (Å²) in [6, 6.07) is 10.3. The van der Waals surface area contributed by atoms with Gasteiger partial charge in [0.05, 0.1) is 45.3 Å². The van der Waals surface area contributed by atoms with Crippen LogP contribution in [-0.4, -0.2) is 140 Å². The number of hydrazone groups is 1. The first kappa shape index (κ1) is 60.2. The lowest BCUT2D eigenvalue weighted by Crippen LogP contribution is -2.60. The Kier molecular flexibility index (Phi) is 17.8. The van der Waals surface area contributed by atoms with Crippen LogP contribution >= 0.6 is 11.3 Å². The summed E-state index contributed by atoms with van der Waals surface area (Å²) in [6.07, 6.45) is 13.8. The van der Waals surface area contributed by atoms with Crippen LogP contribution in [0.2, 0.25) is 0 Å². The summed E-state index contributed by atoms with van der Waals surface area (Å²) in [6.45, 7) is 14.1. The predicted octanol–water partition coefficient (Wildman–Crippen LogP) is 7.92. The highest BCUT2D eigenvalue weighted by molar-refractivity contribution is 7.13. The number of Topliss-reactive ketones (excluding diaryl/α,β-unsaturated/α-hetero) is 1. The van der Waals surface area contributed by atoms with E-state index in [4.69, 9.17) is 20.2 Å². The number of likely N-dealkylation sites (tertiary alicyclic amines) is 1. The van der Waals surface area contributed by atoms with Gasteiger partial charge in [0.25, 0.3) is 5.56 Å². The molecule has 22 heteroatoms. The van der Waals surface area contributed by atoms with E-state index in [9.17, 15) is 28.8 Å². The second-order valence-electron chi connectivity index (χ2n) is 25.8. The number of thiazole rings is 1. The molecule has 4 amide bonds. The number of pyridine rings is 2. The molecule has 6 heterocycles. The van der Waals surface area contributed by atoms with E-state index in [0.29, 0.717) is 85.6 Å². The quantitative estimate of drug-likeness (QED) is 0.0317. The zero-order chi connectivity index (χ0) is 60.6. The number of ether oxygens (including phenoxy) is 1. The first-order valence-electron chi connectivity index (χ1n) is 30.8. The second kappa shape index (κ2) is 25.5. The Balaban J connectivity index is 0.643. The van der Waals surface area contributed by atoms with Gasteiger partial charge in [0.15, 0.2) is 5.78 Å². The first-order valence-corrected chi connectivity index (χ1v) is 31.7. The molecule has 5 aromatic rings. The van der Waals surface area contributed by atoms with E-state index in [1.54, 1.807) is 47.2 Å². The van der Waals surface area contributed by atoms with E-state index in [1.165, 1.54) is 13.1 Å². The maximum absolute atomic E-state index is 14.7. The topological polar surface area (TPSA) is 262 Å². The Morgan fingerprint density at radius 1 is 0.860 bits per heavy atom. The van der Waals surface area contributed by atoms with Gasteiger partial charge in [-0.3, -0.25) is 33.3 Å². The van der Waals surface area contributed by atoms with Crippen molar-refractivity contribution in [1.82, 2.24) is 50.4 Å². The lowest BCUT2D eigenvalue weighted by Gasteiger charge is -2.51. The molecule has 0 spiro atoms. The van der Waals surface area contributed by atoms with Crippen molar-refractivity contribution in [1.29, 1.82) is 5.41 Å². The number of piperazine rings is 1. The maximum atomic E-state index is 14.7. The molecule has 12 rings (SSSR count). The molecular weight excluding hydrogens is 1110 g/mol. The van der Waals surface area contributed by atoms with Crippen molar-refractivity contribution in [3.63, 3.8) is 0 Å². The fourth-order valence-electron chi connectivity index (χ4n) is 14.3. The number of methoxy groups -OCH3 is 1. The fourth-order valence-corrected chi connectivity index (χ4v) is 15.1. The average Bonchev–Trinajstić information content (AvgIpc) is 1.09. The van der Waals surface area contributed by atoms with Crippen molar-refractivity contribution in [2.45, 2.75) is 155 Å². The molecule has 21 nitrogen and oxygen atoms in total. The number of nitrogens with zero attached hydrogens (tertiary/aromatic N) is 9. The van der Waals surface area contributed by atoms with Gasteiger partial charge in [-0.25, -0.2) is 15.0 Å². The number of ketones is 1. The van der Waals surface area contributed by atoms with Crippen LogP contribution in [0.3, 0.4) is 0 Å². The number of fused-ring (bicyclic) bond motifs is 3. The normalized spacial score (nSPS) is 24.7. The van der Waals surface area contributed by atoms with Gasteiger partial charge in [-0.2, -0.15) is 10.1 Å². The molecule has 0 unspecified atom stereocenters. The van der Waals surface area contributed by atoms with Gasteiger partial charge in [0.1, 0.15) is 23.5 Å². The van der Waals surface area contributed by atoms with E-state index >= 15 is 0 Å². The molecule has 5 atom stereocenters. The number of amides is 4. The highest BCUT2D eigenvalue weighted by Crippen LogP contribution is 2.53. The average molecular weight is 1190 g/mol. The largest absolute Gasteiger partial charge is 0.380 e. The molecule has 5 aliphatic carbocycles. The standard InChI is InChI=1S/C64H82N14O7S/c1-36-50-33-68-63(72-57(50)78(45-10-8-9-11-45)61(83)54(36)38(3)79)70-53-21-20-46(32-66-53)75-22-24-76(25-23-75)60(82)41-16-18-44(19-17-41)73-74-51(30-65)48-29-49(43-26-42(48)27-43)58(80)71-56(64(4,5)6)62(84)77-34-47(85-7)28-52(77)59(81)67-31-39-12-14-40(15-13-39)55-37(2)69-35-86-55/h12-15,20-21,30,32-33,35,41-45,47-49,52,56,65,73H,8-11,16-19,22-29,31,34H2,1-7H3,(H,67,81)(H,71,80)(H,66,68,70,72)/b65-30?,74-51+/t41?,42?,43?,44?,47-,48+,49-,52+,56-/m1/s1. The molecule has 86 heavy (non-hydrogen) atoms. The van der Waals surface area contributed by atoms with Gasteiger partial charge in [0, 0.05) is 100 Å². The highest BCUT2D eigenvalue weighted by Gasteiger charge is 2.52. The zero-order valence-electron chi connectivity index (χ0n) is 50.6. The molecule has 5 N–H and O–H groups in total. The van der Waals surface area contributed by atoms with Crippen molar-refractivity contribution in [3.05, 3.63) is 87.0 Å². The summed E-state index contributed by atoms with van der Waals surface area (Å²) >= 11 is 1.59. The molecule has 2 bridgehead atoms. The highest BCUT2D eigenvalue weighted by atomic mass is 32.1. The van der Waals surface area contributed by atoms with Crippen molar-refractivity contribution >= 4 is 81.2 Å². The molecule has 1 aromatic carbocycles. The van der Waals surface area contributed by atoms with Crippen LogP contribution in [0.15, 0.2) is 64.2 Å². The van der Waals surface area contributed by atoms with E-state index in [1.807, 2.05) is 74.5 Å². The van der Waals surface area contributed by atoms with Crippen molar-refractivity contribution in [2.75, 3.05) is 50.1 Å². The van der Waals surface area contributed by atoms with Gasteiger partial charge in [0.2, 0.25) is 29.6 Å². The van der Waals surface area contributed by atoms with Crippen molar-refractivity contribution < 1.29 is 28.7 Å². The minimum atomic E-state index is -0.892. The Labute approximate surface area is 506 Å².